The molecule has 6 nitrogen and oxygen atoms in total. The van der Waals surface area contributed by atoms with Crippen LogP contribution in [0.25, 0.3) is 5.57 Å². The number of nitrogen functional groups attached to an aromatic ring is 1. The summed E-state index contributed by atoms with van der Waals surface area (Å²) in [5.74, 6) is -0.272. The lowest BCUT2D eigenvalue weighted by atomic mass is 10.1. The molecule has 2 N–H and O–H groups in total. The van der Waals surface area contributed by atoms with Crippen molar-refractivity contribution in [1.29, 1.82) is 0 Å². The maximum Gasteiger partial charge on any atom is 0.573 e. The van der Waals surface area contributed by atoms with Crippen molar-refractivity contribution in [3.63, 3.8) is 0 Å². The Morgan fingerprint density at radius 1 is 1.31 bits per heavy atom. The van der Waals surface area contributed by atoms with Gasteiger partial charge < -0.3 is 25.2 Å². The van der Waals surface area contributed by atoms with Crippen molar-refractivity contribution < 1.29 is 17.9 Å². The molecule has 0 radical (unpaired) electrons. The summed E-state index contributed by atoms with van der Waals surface area (Å²) in [5, 5.41) is 0. The molecule has 0 bridgehead atoms. The number of halogens is 3. The van der Waals surface area contributed by atoms with Crippen molar-refractivity contribution in [1.82, 2.24) is 19.7 Å². The summed E-state index contributed by atoms with van der Waals surface area (Å²) in [4.78, 5) is 10.9. The number of ether oxygens (including phenoxy) is 1. The van der Waals surface area contributed by atoms with Crippen LogP contribution in [0, 0.1) is 5.92 Å². The van der Waals surface area contributed by atoms with Gasteiger partial charge in [-0.1, -0.05) is 13.5 Å². The van der Waals surface area contributed by atoms with Crippen LogP contribution in [0.1, 0.15) is 38.2 Å². The van der Waals surface area contributed by atoms with Crippen LogP contribution >= 0.6 is 0 Å². The third-order valence-electron chi connectivity index (χ3n) is 6.06. The number of likely N-dealkylation sites (N-methyl/N-ethyl adjacent to an activating group) is 1. The van der Waals surface area contributed by atoms with Crippen molar-refractivity contribution in [2.24, 2.45) is 5.92 Å². The fraction of sp³-hybridized carbons (Fsp3) is 0.609. The molecule has 0 aromatic carbocycles. The van der Waals surface area contributed by atoms with Crippen LogP contribution in [0.5, 0.6) is 5.75 Å². The largest absolute Gasteiger partial charge is 0.573 e. The summed E-state index contributed by atoms with van der Waals surface area (Å²) in [5.41, 5.74) is 8.10. The Kier molecular flexibility index (Phi) is 8.05. The molecule has 1 aliphatic carbocycles. The van der Waals surface area contributed by atoms with Gasteiger partial charge in [-0.2, -0.15) is 0 Å². The smallest absolute Gasteiger partial charge is 0.402 e. The number of nitrogens with zero attached hydrogens (tertiary/aromatic N) is 4. The maximum atomic E-state index is 12.7. The van der Waals surface area contributed by atoms with E-state index in [0.29, 0.717) is 17.9 Å². The van der Waals surface area contributed by atoms with Crippen LogP contribution in [-0.4, -0.2) is 72.4 Å². The molecule has 1 aliphatic heterocycles. The number of allylic oxidation sites excluding steroid dienone is 2. The van der Waals surface area contributed by atoms with Gasteiger partial charge in [0.1, 0.15) is 0 Å². The lowest BCUT2D eigenvalue weighted by molar-refractivity contribution is -0.274. The number of pyridine rings is 1. The Hall–Kier alpha value is -2.26. The Bertz CT molecular complexity index is 814. The van der Waals surface area contributed by atoms with Crippen LogP contribution in [-0.2, 0) is 0 Å². The summed E-state index contributed by atoms with van der Waals surface area (Å²) in [6, 6.07) is 1.31. The SMILES string of the molecule is C=C(C1CC1)N(/C=C(\CC)c1cnc(N)c(OC(F)(F)F)c1)CCCN1CCN(C)CC1. The number of hydrogen-bond donors (Lipinski definition) is 1. The molecule has 9 heteroatoms. The zero-order chi connectivity index (χ0) is 23.3. The number of piperazine rings is 1. The first-order valence-corrected chi connectivity index (χ1v) is 11.2. The Morgan fingerprint density at radius 3 is 2.59 bits per heavy atom. The first kappa shape index (κ1) is 24.4. The average Bonchev–Trinajstić information content (AvgIpc) is 3.58. The molecule has 2 heterocycles. The molecule has 0 amide bonds. The van der Waals surface area contributed by atoms with Gasteiger partial charge in [0.2, 0.25) is 0 Å². The van der Waals surface area contributed by atoms with Crippen LogP contribution in [0.3, 0.4) is 0 Å². The summed E-state index contributed by atoms with van der Waals surface area (Å²) >= 11 is 0. The second-order valence-electron chi connectivity index (χ2n) is 8.62. The molecule has 0 spiro atoms. The highest BCUT2D eigenvalue weighted by molar-refractivity contribution is 5.67. The predicted octanol–water partition coefficient (Wildman–Crippen LogP) is 4.18. The van der Waals surface area contributed by atoms with Gasteiger partial charge in [-0.25, -0.2) is 4.98 Å². The third kappa shape index (κ3) is 7.13. The molecule has 32 heavy (non-hydrogen) atoms. The van der Waals surface area contributed by atoms with Gasteiger partial charge >= 0.3 is 6.36 Å². The fourth-order valence-corrected chi connectivity index (χ4v) is 3.87. The van der Waals surface area contributed by atoms with Gasteiger partial charge in [-0.3, -0.25) is 0 Å². The normalized spacial score (nSPS) is 18.6. The number of hydrogen-bond acceptors (Lipinski definition) is 6. The van der Waals surface area contributed by atoms with Gasteiger partial charge in [-0.15, -0.1) is 13.2 Å². The number of anilines is 1. The highest BCUT2D eigenvalue weighted by atomic mass is 19.4. The molecule has 1 aromatic heterocycles. The van der Waals surface area contributed by atoms with E-state index in [-0.39, 0.29) is 5.82 Å². The highest BCUT2D eigenvalue weighted by Gasteiger charge is 2.32. The van der Waals surface area contributed by atoms with E-state index in [1.54, 1.807) is 0 Å². The molecule has 1 saturated heterocycles. The molecule has 0 unspecified atom stereocenters. The second kappa shape index (κ2) is 10.6. The van der Waals surface area contributed by atoms with E-state index in [0.717, 1.165) is 69.8 Å². The summed E-state index contributed by atoms with van der Waals surface area (Å²) in [6.45, 7) is 12.4. The van der Waals surface area contributed by atoms with Gasteiger partial charge in [0.15, 0.2) is 11.6 Å². The topological polar surface area (TPSA) is 57.9 Å². The van der Waals surface area contributed by atoms with Crippen molar-refractivity contribution in [2.75, 3.05) is 52.0 Å². The molecule has 1 saturated carbocycles. The van der Waals surface area contributed by atoms with Crippen molar-refractivity contribution in [3.05, 3.63) is 36.3 Å². The number of nitrogens with two attached hydrogens (primary N) is 1. The van der Waals surface area contributed by atoms with E-state index >= 15 is 0 Å². The molecule has 2 fully saturated rings. The van der Waals surface area contributed by atoms with E-state index in [4.69, 9.17) is 5.73 Å². The molecule has 0 atom stereocenters. The van der Waals surface area contributed by atoms with Crippen LogP contribution < -0.4 is 10.5 Å². The van der Waals surface area contributed by atoms with Crippen LogP contribution in [0.15, 0.2) is 30.7 Å². The van der Waals surface area contributed by atoms with Crippen LogP contribution in [0.4, 0.5) is 19.0 Å². The maximum absolute atomic E-state index is 12.7. The van der Waals surface area contributed by atoms with Crippen molar-refractivity contribution >= 4 is 11.4 Å². The predicted molar refractivity (Wildman–Crippen MR) is 121 cm³/mol. The molecule has 2 aliphatic rings. The lowest BCUT2D eigenvalue weighted by Crippen LogP contribution is -2.45. The summed E-state index contributed by atoms with van der Waals surface area (Å²) < 4.78 is 42.2. The first-order chi connectivity index (χ1) is 15.2. The zero-order valence-corrected chi connectivity index (χ0v) is 19.0. The zero-order valence-electron chi connectivity index (χ0n) is 19.0. The minimum absolute atomic E-state index is 0.284. The van der Waals surface area contributed by atoms with Crippen molar-refractivity contribution in [3.8, 4) is 5.75 Å². The third-order valence-corrected chi connectivity index (χ3v) is 6.06. The minimum atomic E-state index is -4.82. The van der Waals surface area contributed by atoms with Crippen LogP contribution in [0.2, 0.25) is 0 Å². The Morgan fingerprint density at radius 2 is 2.00 bits per heavy atom. The minimum Gasteiger partial charge on any atom is -0.402 e. The molecule has 3 rings (SSSR count). The van der Waals surface area contributed by atoms with Gasteiger partial charge in [-0.05, 0) is 56.8 Å². The fourth-order valence-electron chi connectivity index (χ4n) is 3.87. The quantitative estimate of drug-likeness (QED) is 0.574. The second-order valence-corrected chi connectivity index (χ2v) is 8.62. The summed E-state index contributed by atoms with van der Waals surface area (Å²) in [6.07, 6.45) is 2.58. The molecular weight excluding hydrogens is 419 g/mol. The number of rotatable bonds is 10. The number of alkyl halides is 3. The summed E-state index contributed by atoms with van der Waals surface area (Å²) in [7, 11) is 2.15. The van der Waals surface area contributed by atoms with Crippen molar-refractivity contribution in [2.45, 2.75) is 39.0 Å². The van der Waals surface area contributed by atoms with Gasteiger partial charge in [0.25, 0.3) is 0 Å². The first-order valence-electron chi connectivity index (χ1n) is 11.2. The van der Waals surface area contributed by atoms with E-state index in [1.165, 1.54) is 12.3 Å². The highest BCUT2D eigenvalue weighted by Crippen LogP contribution is 2.38. The van der Waals surface area contributed by atoms with Gasteiger partial charge in [0.05, 0.1) is 0 Å². The Balaban J connectivity index is 1.72. The molecule has 178 valence electrons. The molecule has 1 aromatic rings. The molecular formula is C23H34F3N5O. The van der Waals surface area contributed by atoms with E-state index in [2.05, 4.69) is 38.0 Å². The Labute approximate surface area is 188 Å². The van der Waals surface area contributed by atoms with E-state index in [9.17, 15) is 13.2 Å². The van der Waals surface area contributed by atoms with Gasteiger partial charge in [0, 0.05) is 56.4 Å². The van der Waals surface area contributed by atoms with E-state index in [1.807, 2.05) is 13.1 Å². The average molecular weight is 454 g/mol. The van der Waals surface area contributed by atoms with E-state index < -0.39 is 12.1 Å². The number of aromatic nitrogens is 1. The lowest BCUT2D eigenvalue weighted by Gasteiger charge is -2.33. The standard InChI is InChI=1S/C23H34F3N5O/c1-4-18(20-14-21(22(27)28-15-20)32-23(24,25)26)16-31(17(2)19-6-7-19)9-5-8-30-12-10-29(3)11-13-30/h14-16,19H,2,4-13H2,1,3H3,(H2,27,28)/b18-16+. The monoisotopic (exact) mass is 453 g/mol.